The van der Waals surface area contributed by atoms with E-state index in [9.17, 15) is 14.4 Å². The van der Waals surface area contributed by atoms with Gasteiger partial charge in [0.05, 0.1) is 0 Å². The number of unbranched alkanes of at least 4 members (excludes halogenated alkanes) is 1. The van der Waals surface area contributed by atoms with Crippen molar-refractivity contribution in [1.29, 1.82) is 0 Å². The predicted octanol–water partition coefficient (Wildman–Crippen LogP) is 3.27. The highest BCUT2D eigenvalue weighted by Gasteiger charge is 2.27. The van der Waals surface area contributed by atoms with Crippen LogP contribution in [0.4, 0.5) is 11.5 Å². The summed E-state index contributed by atoms with van der Waals surface area (Å²) in [5.74, 6) is 0.159. The fraction of sp³-hybridized carbons (Fsp3) is 0.391. The molecule has 3 aromatic rings. The van der Waals surface area contributed by atoms with Crippen LogP contribution in [-0.4, -0.2) is 27.2 Å². The van der Waals surface area contributed by atoms with Crippen LogP contribution in [0.25, 0.3) is 11.3 Å². The average molecular weight is 440 g/mol. The number of rotatable bonds is 9. The van der Waals surface area contributed by atoms with Crippen molar-refractivity contribution in [3.05, 3.63) is 62.9 Å². The van der Waals surface area contributed by atoms with Crippen LogP contribution >= 0.6 is 0 Å². The molecule has 9 heteroatoms. The van der Waals surface area contributed by atoms with Crippen LogP contribution < -0.4 is 21.9 Å². The number of carbonyl (C=O) groups is 1. The number of nitrogens with one attached hydrogen (secondary N) is 1. The molecule has 32 heavy (non-hydrogen) atoms. The van der Waals surface area contributed by atoms with Crippen LogP contribution in [0.1, 0.15) is 50.5 Å². The van der Waals surface area contributed by atoms with Gasteiger partial charge in [-0.15, -0.1) is 0 Å². The molecule has 2 aromatic heterocycles. The van der Waals surface area contributed by atoms with E-state index in [0.29, 0.717) is 25.1 Å². The lowest BCUT2D eigenvalue weighted by Crippen LogP contribution is -2.42. The van der Waals surface area contributed by atoms with Gasteiger partial charge in [-0.2, -0.15) is 0 Å². The minimum absolute atomic E-state index is 0.0314. The highest BCUT2D eigenvalue weighted by molar-refractivity contribution is 6.06. The Morgan fingerprint density at radius 3 is 2.62 bits per heavy atom. The van der Waals surface area contributed by atoms with Gasteiger partial charge < -0.3 is 10.3 Å². The summed E-state index contributed by atoms with van der Waals surface area (Å²) in [5, 5.41) is 3.93. The molecular formula is C23H29N5O4. The van der Waals surface area contributed by atoms with E-state index in [1.807, 2.05) is 51.1 Å². The number of nitrogens with two attached hydrogens (primary N) is 1. The third-order valence-corrected chi connectivity index (χ3v) is 5.18. The first-order valence-corrected chi connectivity index (χ1v) is 10.8. The first-order valence-electron chi connectivity index (χ1n) is 10.8. The van der Waals surface area contributed by atoms with Crippen LogP contribution in [-0.2, 0) is 6.54 Å². The molecule has 0 bridgehead atoms. The fourth-order valence-corrected chi connectivity index (χ4v) is 3.33. The topological polar surface area (TPSA) is 127 Å². The van der Waals surface area contributed by atoms with Gasteiger partial charge in [-0.3, -0.25) is 24.0 Å². The third kappa shape index (κ3) is 4.99. The van der Waals surface area contributed by atoms with Crippen LogP contribution in [0.2, 0.25) is 0 Å². The standard InChI is InChI=1S/C23H29N5O4/c1-4-5-12-28-20(24)19(21(29)25-23(28)31)27(13-11-15(2)3)22(30)17-14-18(32-26-17)16-9-7-6-8-10-16/h6-10,14-15H,4-5,11-13,24H2,1-3H3,(H,25,29,31). The molecule has 0 saturated heterocycles. The van der Waals surface area contributed by atoms with Gasteiger partial charge in [0, 0.05) is 24.7 Å². The van der Waals surface area contributed by atoms with E-state index in [-0.39, 0.29) is 29.7 Å². The molecule has 3 N–H and O–H groups in total. The molecule has 170 valence electrons. The molecule has 1 amide bonds. The zero-order valence-corrected chi connectivity index (χ0v) is 18.6. The minimum Gasteiger partial charge on any atom is -0.383 e. The van der Waals surface area contributed by atoms with Gasteiger partial charge in [0.15, 0.2) is 17.1 Å². The van der Waals surface area contributed by atoms with Crippen molar-refractivity contribution in [3.63, 3.8) is 0 Å². The summed E-state index contributed by atoms with van der Waals surface area (Å²) >= 11 is 0. The van der Waals surface area contributed by atoms with Crippen molar-refractivity contribution in [3.8, 4) is 11.3 Å². The Hall–Kier alpha value is -3.62. The van der Waals surface area contributed by atoms with E-state index >= 15 is 0 Å². The second-order valence-corrected chi connectivity index (χ2v) is 8.08. The van der Waals surface area contributed by atoms with E-state index < -0.39 is 17.2 Å². The Bertz CT molecular complexity index is 1180. The highest BCUT2D eigenvalue weighted by Crippen LogP contribution is 2.24. The quantitative estimate of drug-likeness (QED) is 0.527. The molecule has 0 aliphatic heterocycles. The molecule has 0 spiro atoms. The van der Waals surface area contributed by atoms with Crippen molar-refractivity contribution in [2.45, 2.75) is 46.6 Å². The number of nitrogen functional groups attached to an aromatic ring is 1. The van der Waals surface area contributed by atoms with E-state index in [1.165, 1.54) is 15.5 Å². The smallest absolute Gasteiger partial charge is 0.330 e. The van der Waals surface area contributed by atoms with Gasteiger partial charge in [0.1, 0.15) is 5.82 Å². The van der Waals surface area contributed by atoms with E-state index in [2.05, 4.69) is 10.1 Å². The molecule has 0 unspecified atom stereocenters. The lowest BCUT2D eigenvalue weighted by molar-refractivity contribution is 0.0977. The summed E-state index contributed by atoms with van der Waals surface area (Å²) < 4.78 is 6.67. The van der Waals surface area contributed by atoms with Crippen LogP contribution in [0, 0.1) is 5.92 Å². The van der Waals surface area contributed by atoms with Gasteiger partial charge in [-0.25, -0.2) is 4.79 Å². The van der Waals surface area contributed by atoms with Crippen molar-refractivity contribution in [2.75, 3.05) is 17.2 Å². The van der Waals surface area contributed by atoms with E-state index in [4.69, 9.17) is 10.3 Å². The third-order valence-electron chi connectivity index (χ3n) is 5.18. The second kappa shape index (κ2) is 10.1. The number of anilines is 2. The number of aromatic amines is 1. The maximum Gasteiger partial charge on any atom is 0.330 e. The molecule has 0 aliphatic carbocycles. The Morgan fingerprint density at radius 1 is 1.25 bits per heavy atom. The number of amides is 1. The number of nitrogens with zero attached hydrogens (tertiary/aromatic N) is 3. The molecule has 2 heterocycles. The SMILES string of the molecule is CCCCn1c(N)c(N(CCC(C)C)C(=O)c2cc(-c3ccccc3)on2)c(=O)[nH]c1=O. The molecule has 0 saturated carbocycles. The molecular weight excluding hydrogens is 410 g/mol. The fourth-order valence-electron chi connectivity index (χ4n) is 3.33. The summed E-state index contributed by atoms with van der Waals surface area (Å²) in [5.41, 5.74) is 5.74. The summed E-state index contributed by atoms with van der Waals surface area (Å²) in [6, 6.07) is 10.8. The Morgan fingerprint density at radius 2 is 1.97 bits per heavy atom. The Labute approximate surface area is 185 Å². The van der Waals surface area contributed by atoms with Crippen molar-refractivity contribution < 1.29 is 9.32 Å². The lowest BCUT2D eigenvalue weighted by Gasteiger charge is -2.24. The summed E-state index contributed by atoms with van der Waals surface area (Å²) in [7, 11) is 0. The number of aromatic nitrogens is 3. The number of hydrogen-bond donors (Lipinski definition) is 2. The summed E-state index contributed by atoms with van der Waals surface area (Å²) in [4.78, 5) is 42.1. The molecule has 0 fully saturated rings. The maximum atomic E-state index is 13.4. The van der Waals surface area contributed by atoms with Gasteiger partial charge in [-0.05, 0) is 18.8 Å². The molecule has 1 aromatic carbocycles. The highest BCUT2D eigenvalue weighted by atomic mass is 16.5. The monoisotopic (exact) mass is 439 g/mol. The maximum absolute atomic E-state index is 13.4. The average Bonchev–Trinajstić information content (AvgIpc) is 3.26. The van der Waals surface area contributed by atoms with E-state index in [1.54, 1.807) is 0 Å². The number of benzene rings is 1. The number of carbonyl (C=O) groups excluding carboxylic acids is 1. The first kappa shape index (κ1) is 23.1. The van der Waals surface area contributed by atoms with Gasteiger partial charge >= 0.3 is 5.69 Å². The Balaban J connectivity index is 2.04. The van der Waals surface area contributed by atoms with Crippen LogP contribution in [0.3, 0.4) is 0 Å². The first-order chi connectivity index (χ1) is 15.3. The largest absolute Gasteiger partial charge is 0.383 e. The van der Waals surface area contributed by atoms with Gasteiger partial charge in [-0.1, -0.05) is 62.7 Å². The molecule has 0 aliphatic rings. The number of H-pyrrole nitrogens is 1. The second-order valence-electron chi connectivity index (χ2n) is 8.08. The van der Waals surface area contributed by atoms with Crippen LogP contribution in [0.15, 0.2) is 50.5 Å². The van der Waals surface area contributed by atoms with Crippen molar-refractivity contribution in [2.24, 2.45) is 5.92 Å². The Kier molecular flexibility index (Phi) is 7.29. The molecule has 3 rings (SSSR count). The predicted molar refractivity (Wildman–Crippen MR) is 124 cm³/mol. The van der Waals surface area contributed by atoms with Crippen molar-refractivity contribution in [1.82, 2.24) is 14.7 Å². The summed E-state index contributed by atoms with van der Waals surface area (Å²) in [6.07, 6.45) is 2.18. The zero-order valence-electron chi connectivity index (χ0n) is 18.6. The van der Waals surface area contributed by atoms with Crippen molar-refractivity contribution >= 4 is 17.4 Å². The molecule has 9 nitrogen and oxygen atoms in total. The molecule has 0 radical (unpaired) electrons. The summed E-state index contributed by atoms with van der Waals surface area (Å²) in [6.45, 7) is 6.60. The lowest BCUT2D eigenvalue weighted by atomic mass is 10.1. The molecule has 0 atom stereocenters. The van der Waals surface area contributed by atoms with Gasteiger partial charge in [0.25, 0.3) is 11.5 Å². The number of hydrogen-bond acceptors (Lipinski definition) is 6. The minimum atomic E-state index is -0.705. The van der Waals surface area contributed by atoms with E-state index in [0.717, 1.165) is 12.0 Å². The van der Waals surface area contributed by atoms with Gasteiger partial charge in [0.2, 0.25) is 0 Å². The van der Waals surface area contributed by atoms with Crippen LogP contribution in [0.5, 0.6) is 0 Å². The normalized spacial score (nSPS) is 11.1. The zero-order chi connectivity index (χ0) is 23.3.